The van der Waals surface area contributed by atoms with Crippen LogP contribution < -0.4 is 4.74 Å². The van der Waals surface area contributed by atoms with Crippen LogP contribution in [0.2, 0.25) is 0 Å². The van der Waals surface area contributed by atoms with Gasteiger partial charge >= 0.3 is 0 Å². The quantitative estimate of drug-likeness (QED) is 0.857. The van der Waals surface area contributed by atoms with Gasteiger partial charge in [-0.05, 0) is 31.4 Å². The maximum Gasteiger partial charge on any atom is 0.262 e. The summed E-state index contributed by atoms with van der Waals surface area (Å²) in [5.41, 5.74) is 1.09. The zero-order chi connectivity index (χ0) is 16.4. The zero-order valence-electron chi connectivity index (χ0n) is 13.3. The Morgan fingerprint density at radius 3 is 2.52 bits per heavy atom. The van der Waals surface area contributed by atoms with Gasteiger partial charge in [-0.3, -0.25) is 0 Å². The highest BCUT2D eigenvalue weighted by Gasteiger charge is 2.31. The van der Waals surface area contributed by atoms with Gasteiger partial charge in [-0.2, -0.15) is 4.31 Å². The molecule has 0 spiro atoms. The molecule has 23 heavy (non-hydrogen) atoms. The van der Waals surface area contributed by atoms with Crippen molar-refractivity contribution in [1.82, 2.24) is 13.9 Å². The number of para-hydroxylation sites is 1. The number of imidazole rings is 1. The van der Waals surface area contributed by atoms with Crippen LogP contribution >= 0.6 is 0 Å². The predicted octanol–water partition coefficient (Wildman–Crippen LogP) is 1.96. The zero-order valence-corrected chi connectivity index (χ0v) is 14.2. The average molecular weight is 335 g/mol. The standard InChI is InChI=1S/C16H21N3O3S/c1-13-5-3-4-6-15(13)22-14-7-9-19(10-8-14)23(20,21)16-11-18(2)12-17-16/h3-6,11-12,14H,7-10H2,1-2H3. The molecule has 0 atom stereocenters. The van der Waals surface area contributed by atoms with Gasteiger partial charge in [0, 0.05) is 26.3 Å². The molecule has 0 aliphatic carbocycles. The topological polar surface area (TPSA) is 64.4 Å². The number of hydrogen-bond acceptors (Lipinski definition) is 4. The Bertz CT molecular complexity index is 777. The van der Waals surface area contributed by atoms with Crippen molar-refractivity contribution < 1.29 is 13.2 Å². The fraction of sp³-hybridized carbons (Fsp3) is 0.438. The van der Waals surface area contributed by atoms with E-state index in [9.17, 15) is 8.42 Å². The van der Waals surface area contributed by atoms with Gasteiger partial charge in [0.1, 0.15) is 11.9 Å². The van der Waals surface area contributed by atoms with E-state index in [-0.39, 0.29) is 11.1 Å². The monoisotopic (exact) mass is 335 g/mol. The fourth-order valence-electron chi connectivity index (χ4n) is 2.71. The minimum absolute atomic E-state index is 0.0475. The van der Waals surface area contributed by atoms with Gasteiger partial charge in [0.25, 0.3) is 10.0 Å². The normalized spacial score (nSPS) is 17.3. The molecule has 1 aromatic carbocycles. The third-order valence-electron chi connectivity index (χ3n) is 4.07. The van der Waals surface area contributed by atoms with Crippen molar-refractivity contribution in [3.05, 3.63) is 42.4 Å². The second-order valence-corrected chi connectivity index (χ2v) is 7.75. The predicted molar refractivity (Wildman–Crippen MR) is 86.8 cm³/mol. The first-order chi connectivity index (χ1) is 11.0. The van der Waals surface area contributed by atoms with Crippen molar-refractivity contribution in [3.63, 3.8) is 0 Å². The number of nitrogens with zero attached hydrogens (tertiary/aromatic N) is 3. The first-order valence-electron chi connectivity index (χ1n) is 7.67. The van der Waals surface area contributed by atoms with E-state index in [1.165, 1.54) is 16.8 Å². The van der Waals surface area contributed by atoms with Crippen LogP contribution in [0.4, 0.5) is 0 Å². The molecular formula is C16H21N3O3S. The number of sulfonamides is 1. The number of aryl methyl sites for hydroxylation is 2. The van der Waals surface area contributed by atoms with Gasteiger partial charge in [-0.1, -0.05) is 18.2 Å². The van der Waals surface area contributed by atoms with Crippen molar-refractivity contribution in [3.8, 4) is 5.75 Å². The third kappa shape index (κ3) is 3.40. The Morgan fingerprint density at radius 2 is 1.91 bits per heavy atom. The van der Waals surface area contributed by atoms with Crippen molar-refractivity contribution in [1.29, 1.82) is 0 Å². The number of ether oxygens (including phenoxy) is 1. The smallest absolute Gasteiger partial charge is 0.262 e. The second-order valence-electron chi connectivity index (χ2n) is 5.86. The molecule has 1 aliphatic heterocycles. The molecule has 0 unspecified atom stereocenters. The Kier molecular flexibility index (Phi) is 4.41. The van der Waals surface area contributed by atoms with Gasteiger partial charge in [-0.25, -0.2) is 13.4 Å². The van der Waals surface area contributed by atoms with Crippen LogP contribution in [-0.2, 0) is 17.1 Å². The van der Waals surface area contributed by atoms with Gasteiger partial charge in [0.05, 0.1) is 6.33 Å². The van der Waals surface area contributed by atoms with Crippen LogP contribution in [0.15, 0.2) is 41.8 Å². The second kappa shape index (κ2) is 6.33. The largest absolute Gasteiger partial charge is 0.490 e. The summed E-state index contributed by atoms with van der Waals surface area (Å²) < 4.78 is 34.2. The van der Waals surface area contributed by atoms with E-state index >= 15 is 0 Å². The molecule has 124 valence electrons. The Balaban J connectivity index is 1.63. The first kappa shape index (κ1) is 16.0. The van der Waals surface area contributed by atoms with E-state index in [1.54, 1.807) is 11.6 Å². The summed E-state index contributed by atoms with van der Waals surface area (Å²) in [6.45, 7) is 2.92. The molecule has 1 aromatic heterocycles. The number of piperidine rings is 1. The number of benzene rings is 1. The molecule has 1 saturated heterocycles. The SMILES string of the molecule is Cc1ccccc1OC1CCN(S(=O)(=O)c2cn(C)cn2)CC1. The molecule has 6 nitrogen and oxygen atoms in total. The van der Waals surface area contributed by atoms with Crippen LogP contribution in [0.3, 0.4) is 0 Å². The van der Waals surface area contributed by atoms with E-state index in [0.29, 0.717) is 25.9 Å². The maximum absolute atomic E-state index is 12.5. The van der Waals surface area contributed by atoms with Crippen LogP contribution in [0, 0.1) is 6.92 Å². The molecule has 2 heterocycles. The summed E-state index contributed by atoms with van der Waals surface area (Å²) in [5, 5.41) is 0.110. The third-order valence-corrected chi connectivity index (χ3v) is 5.86. The Hall–Kier alpha value is -1.86. The lowest BCUT2D eigenvalue weighted by Gasteiger charge is -2.31. The lowest BCUT2D eigenvalue weighted by atomic mass is 10.1. The minimum Gasteiger partial charge on any atom is -0.490 e. The Morgan fingerprint density at radius 1 is 1.22 bits per heavy atom. The summed E-state index contributed by atoms with van der Waals surface area (Å²) >= 11 is 0. The molecule has 0 saturated carbocycles. The van der Waals surface area contributed by atoms with Crippen LogP contribution in [0.1, 0.15) is 18.4 Å². The van der Waals surface area contributed by atoms with Crippen LogP contribution in [0.5, 0.6) is 5.75 Å². The van der Waals surface area contributed by atoms with Crippen LogP contribution in [-0.4, -0.2) is 41.5 Å². The van der Waals surface area contributed by atoms with Gasteiger partial charge < -0.3 is 9.30 Å². The van der Waals surface area contributed by atoms with Crippen LogP contribution in [0.25, 0.3) is 0 Å². The molecule has 0 N–H and O–H groups in total. The molecule has 1 aliphatic rings. The average Bonchev–Trinajstić information content (AvgIpc) is 2.98. The molecule has 2 aromatic rings. The number of rotatable bonds is 4. The Labute approximate surface area is 136 Å². The van der Waals surface area contributed by atoms with E-state index in [4.69, 9.17) is 4.74 Å². The summed E-state index contributed by atoms with van der Waals surface area (Å²) in [6.07, 6.45) is 4.44. The highest BCUT2D eigenvalue weighted by molar-refractivity contribution is 7.89. The summed E-state index contributed by atoms with van der Waals surface area (Å²) in [6, 6.07) is 7.88. The van der Waals surface area contributed by atoms with Crippen molar-refractivity contribution in [2.45, 2.75) is 30.9 Å². The first-order valence-corrected chi connectivity index (χ1v) is 9.11. The van der Waals surface area contributed by atoms with E-state index < -0.39 is 10.0 Å². The number of aromatic nitrogens is 2. The summed E-state index contributed by atoms with van der Waals surface area (Å²) in [4.78, 5) is 3.96. The van der Waals surface area contributed by atoms with E-state index in [1.807, 2.05) is 31.2 Å². The highest BCUT2D eigenvalue weighted by Crippen LogP contribution is 2.24. The minimum atomic E-state index is -3.50. The van der Waals surface area contributed by atoms with Crippen molar-refractivity contribution in [2.75, 3.05) is 13.1 Å². The maximum atomic E-state index is 12.5. The molecule has 3 rings (SSSR count). The molecular weight excluding hydrogens is 314 g/mol. The molecule has 1 fully saturated rings. The van der Waals surface area contributed by atoms with Gasteiger partial charge in [-0.15, -0.1) is 0 Å². The lowest BCUT2D eigenvalue weighted by Crippen LogP contribution is -2.41. The van der Waals surface area contributed by atoms with E-state index in [0.717, 1.165) is 11.3 Å². The molecule has 0 radical (unpaired) electrons. The fourth-order valence-corrected chi connectivity index (χ4v) is 4.15. The summed E-state index contributed by atoms with van der Waals surface area (Å²) in [5.74, 6) is 0.874. The molecule has 0 bridgehead atoms. The molecule has 7 heteroatoms. The van der Waals surface area contributed by atoms with Crippen molar-refractivity contribution >= 4 is 10.0 Å². The lowest BCUT2D eigenvalue weighted by molar-refractivity contribution is 0.134. The number of hydrogen-bond donors (Lipinski definition) is 0. The highest BCUT2D eigenvalue weighted by atomic mass is 32.2. The molecule has 0 amide bonds. The van der Waals surface area contributed by atoms with Gasteiger partial charge in [0.2, 0.25) is 0 Å². The van der Waals surface area contributed by atoms with Crippen molar-refractivity contribution in [2.24, 2.45) is 7.05 Å². The summed E-state index contributed by atoms with van der Waals surface area (Å²) in [7, 11) is -1.74. The van der Waals surface area contributed by atoms with E-state index in [2.05, 4.69) is 4.98 Å². The van der Waals surface area contributed by atoms with Gasteiger partial charge in [0.15, 0.2) is 5.03 Å².